The molecule has 21 heavy (non-hydrogen) atoms. The van der Waals surface area contributed by atoms with Crippen molar-refractivity contribution in [2.45, 2.75) is 13.1 Å². The number of rotatable bonds is 5. The molecular weight excluding hydrogens is 264 g/mol. The second-order valence-electron chi connectivity index (χ2n) is 5.01. The molecule has 1 N–H and O–H groups in total. The number of pyridine rings is 2. The van der Waals surface area contributed by atoms with E-state index in [1.54, 1.807) is 0 Å². The van der Waals surface area contributed by atoms with Crippen LogP contribution in [0.4, 0.5) is 5.82 Å². The molecule has 0 atom stereocenters. The normalized spacial score (nSPS) is 15.1. The highest BCUT2D eigenvalue weighted by molar-refractivity contribution is 5.47. The lowest BCUT2D eigenvalue weighted by Crippen LogP contribution is -2.37. The van der Waals surface area contributed by atoms with Gasteiger partial charge in [-0.15, -0.1) is 0 Å². The molecule has 0 aliphatic carbocycles. The second kappa shape index (κ2) is 7.15. The molecule has 0 aromatic carbocycles. The Morgan fingerprint density at radius 3 is 2.67 bits per heavy atom. The van der Waals surface area contributed by atoms with E-state index in [0.29, 0.717) is 0 Å². The van der Waals surface area contributed by atoms with E-state index in [-0.39, 0.29) is 0 Å². The van der Waals surface area contributed by atoms with Gasteiger partial charge in [0.25, 0.3) is 0 Å². The first-order valence-electron chi connectivity index (χ1n) is 7.31. The van der Waals surface area contributed by atoms with Crippen LogP contribution in [0.3, 0.4) is 0 Å². The van der Waals surface area contributed by atoms with Crippen LogP contribution in [0, 0.1) is 0 Å². The first-order valence-corrected chi connectivity index (χ1v) is 7.31. The SMILES string of the molecule is c1ccc(CNCc2cccnc2N2CCOCC2)nc1. The molecule has 0 unspecified atom stereocenters. The Bertz CT molecular complexity index is 555. The van der Waals surface area contributed by atoms with Crippen LogP contribution in [0.15, 0.2) is 42.7 Å². The van der Waals surface area contributed by atoms with Crippen molar-refractivity contribution in [2.24, 2.45) is 0 Å². The summed E-state index contributed by atoms with van der Waals surface area (Å²) < 4.78 is 5.41. The van der Waals surface area contributed by atoms with Crippen LogP contribution < -0.4 is 10.2 Å². The largest absolute Gasteiger partial charge is 0.378 e. The van der Waals surface area contributed by atoms with Gasteiger partial charge in [0.15, 0.2) is 0 Å². The Morgan fingerprint density at radius 1 is 1.00 bits per heavy atom. The van der Waals surface area contributed by atoms with Crippen LogP contribution in [0.1, 0.15) is 11.3 Å². The maximum atomic E-state index is 5.41. The number of nitrogens with zero attached hydrogens (tertiary/aromatic N) is 3. The minimum atomic E-state index is 0.762. The van der Waals surface area contributed by atoms with E-state index in [9.17, 15) is 0 Å². The van der Waals surface area contributed by atoms with Gasteiger partial charge in [-0.2, -0.15) is 0 Å². The summed E-state index contributed by atoms with van der Waals surface area (Å²) in [6, 6.07) is 10.1. The first-order chi connectivity index (χ1) is 10.4. The molecule has 110 valence electrons. The third-order valence-electron chi connectivity index (χ3n) is 3.53. The van der Waals surface area contributed by atoms with Gasteiger partial charge in [-0.25, -0.2) is 4.98 Å². The summed E-state index contributed by atoms with van der Waals surface area (Å²) in [6.45, 7) is 4.92. The van der Waals surface area contributed by atoms with Crippen molar-refractivity contribution in [3.8, 4) is 0 Å². The van der Waals surface area contributed by atoms with Crippen molar-refractivity contribution in [2.75, 3.05) is 31.2 Å². The Morgan fingerprint density at radius 2 is 1.86 bits per heavy atom. The average Bonchev–Trinajstić information content (AvgIpc) is 2.57. The molecule has 1 fully saturated rings. The molecule has 5 heteroatoms. The average molecular weight is 284 g/mol. The van der Waals surface area contributed by atoms with E-state index in [4.69, 9.17) is 4.74 Å². The molecule has 1 aliphatic heterocycles. The van der Waals surface area contributed by atoms with Gasteiger partial charge in [-0.05, 0) is 18.2 Å². The topological polar surface area (TPSA) is 50.3 Å². The van der Waals surface area contributed by atoms with Gasteiger partial charge in [0.2, 0.25) is 0 Å². The maximum Gasteiger partial charge on any atom is 0.133 e. The van der Waals surface area contributed by atoms with Crippen molar-refractivity contribution < 1.29 is 4.74 Å². The molecule has 5 nitrogen and oxygen atoms in total. The lowest BCUT2D eigenvalue weighted by Gasteiger charge is -2.29. The van der Waals surface area contributed by atoms with Crippen LogP contribution in [0.5, 0.6) is 0 Å². The van der Waals surface area contributed by atoms with Gasteiger partial charge in [0, 0.05) is 44.1 Å². The highest BCUT2D eigenvalue weighted by Crippen LogP contribution is 2.18. The fraction of sp³-hybridized carbons (Fsp3) is 0.375. The van der Waals surface area contributed by atoms with E-state index in [0.717, 1.165) is 50.9 Å². The molecule has 3 rings (SSSR count). The minimum Gasteiger partial charge on any atom is -0.378 e. The summed E-state index contributed by atoms with van der Waals surface area (Å²) in [5.74, 6) is 1.06. The molecule has 0 spiro atoms. The van der Waals surface area contributed by atoms with Gasteiger partial charge < -0.3 is 15.0 Å². The lowest BCUT2D eigenvalue weighted by molar-refractivity contribution is 0.122. The maximum absolute atomic E-state index is 5.41. The molecule has 3 heterocycles. The van der Waals surface area contributed by atoms with Crippen LogP contribution in [-0.4, -0.2) is 36.3 Å². The molecule has 2 aromatic heterocycles. The quantitative estimate of drug-likeness (QED) is 0.904. The number of nitrogens with one attached hydrogen (secondary N) is 1. The number of hydrogen-bond acceptors (Lipinski definition) is 5. The summed E-state index contributed by atoms with van der Waals surface area (Å²) in [5, 5.41) is 3.44. The van der Waals surface area contributed by atoms with E-state index < -0.39 is 0 Å². The minimum absolute atomic E-state index is 0.762. The van der Waals surface area contributed by atoms with Gasteiger partial charge in [-0.1, -0.05) is 12.1 Å². The highest BCUT2D eigenvalue weighted by atomic mass is 16.5. The fourth-order valence-electron chi connectivity index (χ4n) is 2.46. The zero-order valence-corrected chi connectivity index (χ0v) is 12.0. The van der Waals surface area contributed by atoms with Crippen LogP contribution >= 0.6 is 0 Å². The van der Waals surface area contributed by atoms with Gasteiger partial charge in [0.1, 0.15) is 5.82 Å². The predicted molar refractivity (Wildman–Crippen MR) is 82.0 cm³/mol. The third kappa shape index (κ3) is 3.77. The van der Waals surface area contributed by atoms with Gasteiger partial charge in [-0.3, -0.25) is 4.98 Å². The molecular formula is C16H20N4O. The van der Waals surface area contributed by atoms with Gasteiger partial charge in [0.05, 0.1) is 18.9 Å². The standard InChI is InChI=1S/C16H20N4O/c1-2-6-18-15(5-1)13-17-12-14-4-3-7-19-16(14)20-8-10-21-11-9-20/h1-7,17H,8-13H2. The van der Waals surface area contributed by atoms with Crippen LogP contribution in [0.25, 0.3) is 0 Å². The predicted octanol–water partition coefficient (Wildman–Crippen LogP) is 1.60. The smallest absolute Gasteiger partial charge is 0.133 e. The summed E-state index contributed by atoms with van der Waals surface area (Å²) in [5.41, 5.74) is 2.27. The van der Waals surface area contributed by atoms with Crippen molar-refractivity contribution in [1.29, 1.82) is 0 Å². The molecule has 0 bridgehead atoms. The Labute approximate surface area is 125 Å². The Kier molecular flexibility index (Phi) is 4.76. The number of hydrogen-bond donors (Lipinski definition) is 1. The second-order valence-corrected chi connectivity index (χ2v) is 5.01. The summed E-state index contributed by atoms with van der Waals surface area (Å²) in [4.78, 5) is 11.2. The number of ether oxygens (including phenoxy) is 1. The molecule has 2 aromatic rings. The molecule has 0 amide bonds. The van der Waals surface area contributed by atoms with E-state index in [1.807, 2.05) is 36.7 Å². The molecule has 1 saturated heterocycles. The number of anilines is 1. The number of morpholine rings is 1. The third-order valence-corrected chi connectivity index (χ3v) is 3.53. The van der Waals surface area contributed by atoms with Crippen LogP contribution in [0.2, 0.25) is 0 Å². The van der Waals surface area contributed by atoms with Crippen molar-refractivity contribution in [3.05, 3.63) is 54.0 Å². The highest BCUT2D eigenvalue weighted by Gasteiger charge is 2.15. The molecule has 0 saturated carbocycles. The molecule has 1 aliphatic rings. The lowest BCUT2D eigenvalue weighted by atomic mass is 10.2. The fourth-order valence-corrected chi connectivity index (χ4v) is 2.46. The van der Waals surface area contributed by atoms with Crippen LogP contribution in [-0.2, 0) is 17.8 Å². The van der Waals surface area contributed by atoms with E-state index in [1.165, 1.54) is 5.56 Å². The monoisotopic (exact) mass is 284 g/mol. The summed E-state index contributed by atoms with van der Waals surface area (Å²) in [7, 11) is 0. The summed E-state index contributed by atoms with van der Waals surface area (Å²) in [6.07, 6.45) is 3.67. The zero-order valence-electron chi connectivity index (χ0n) is 12.0. The zero-order chi connectivity index (χ0) is 14.3. The van der Waals surface area contributed by atoms with Gasteiger partial charge >= 0.3 is 0 Å². The number of aromatic nitrogens is 2. The molecule has 0 radical (unpaired) electrons. The van der Waals surface area contributed by atoms with Crippen molar-refractivity contribution in [1.82, 2.24) is 15.3 Å². The van der Waals surface area contributed by atoms with E-state index >= 15 is 0 Å². The van der Waals surface area contributed by atoms with Crippen molar-refractivity contribution in [3.63, 3.8) is 0 Å². The van der Waals surface area contributed by atoms with Crippen molar-refractivity contribution >= 4 is 5.82 Å². The Balaban J connectivity index is 1.62. The van der Waals surface area contributed by atoms with E-state index in [2.05, 4.69) is 26.3 Å². The first kappa shape index (κ1) is 14.0. The Hall–Kier alpha value is -1.98. The summed E-state index contributed by atoms with van der Waals surface area (Å²) >= 11 is 0.